The molecule has 0 aliphatic carbocycles. The molecule has 0 fully saturated rings. The summed E-state index contributed by atoms with van der Waals surface area (Å²) in [4.78, 5) is 4.27. The van der Waals surface area contributed by atoms with Crippen molar-refractivity contribution in [1.29, 1.82) is 5.41 Å². The molecule has 94 valence electrons. The maximum atomic E-state index is 7.59. The molecule has 0 radical (unpaired) electrons. The summed E-state index contributed by atoms with van der Waals surface area (Å²) in [5.74, 6) is 0.876. The number of nitrogens with one attached hydrogen (secondary N) is 2. The lowest BCUT2D eigenvalue weighted by molar-refractivity contribution is 0.459. The maximum absolute atomic E-state index is 7.59. The van der Waals surface area contributed by atoms with Crippen molar-refractivity contribution in [1.82, 2.24) is 15.2 Å². The number of nitrogens with two attached hydrogens (primary N) is 1. The lowest BCUT2D eigenvalue weighted by Gasteiger charge is -2.11. The van der Waals surface area contributed by atoms with Gasteiger partial charge in [-0.2, -0.15) is 0 Å². The fourth-order valence-electron chi connectivity index (χ4n) is 1.76. The number of ether oxygens (including phenoxy) is 1. The van der Waals surface area contributed by atoms with Gasteiger partial charge in [-0.05, 0) is 20.8 Å². The van der Waals surface area contributed by atoms with Gasteiger partial charge in [0.1, 0.15) is 11.6 Å². The van der Waals surface area contributed by atoms with E-state index in [2.05, 4.69) is 15.2 Å². The minimum Gasteiger partial charge on any atom is -0.437 e. The zero-order valence-electron chi connectivity index (χ0n) is 10.5. The van der Waals surface area contributed by atoms with E-state index >= 15 is 0 Å². The number of amidine groups is 1. The maximum Gasteiger partial charge on any atom is 0.238 e. The largest absolute Gasteiger partial charge is 0.437 e. The molecule has 0 amide bonds. The minimum absolute atomic E-state index is 0.0674. The zero-order valence-corrected chi connectivity index (χ0v) is 10.5. The molecule has 6 nitrogen and oxygen atoms in total. The van der Waals surface area contributed by atoms with Crippen molar-refractivity contribution >= 4 is 5.84 Å². The molecule has 0 spiro atoms. The van der Waals surface area contributed by atoms with Crippen LogP contribution in [0.5, 0.6) is 11.6 Å². The molecule has 2 aromatic rings. The van der Waals surface area contributed by atoms with Crippen molar-refractivity contribution in [3.8, 4) is 11.6 Å². The van der Waals surface area contributed by atoms with Crippen molar-refractivity contribution < 1.29 is 4.74 Å². The summed E-state index contributed by atoms with van der Waals surface area (Å²) in [6, 6.07) is 3.52. The second kappa shape index (κ2) is 4.48. The number of aryl methyl sites for hydroxylation is 3. The summed E-state index contributed by atoms with van der Waals surface area (Å²) >= 11 is 0. The Kier molecular flexibility index (Phi) is 3.01. The van der Waals surface area contributed by atoms with Gasteiger partial charge in [-0.3, -0.25) is 15.5 Å². The number of pyridine rings is 1. The highest BCUT2D eigenvalue weighted by molar-refractivity contribution is 5.98. The Labute approximate surface area is 105 Å². The van der Waals surface area contributed by atoms with Crippen molar-refractivity contribution in [2.24, 2.45) is 5.73 Å². The number of rotatable bonds is 3. The van der Waals surface area contributed by atoms with Crippen molar-refractivity contribution in [3.63, 3.8) is 0 Å². The van der Waals surface area contributed by atoms with E-state index in [1.54, 1.807) is 19.1 Å². The number of H-pyrrole nitrogens is 1. The van der Waals surface area contributed by atoms with Crippen molar-refractivity contribution in [2.45, 2.75) is 20.8 Å². The molecule has 0 atom stereocenters. The van der Waals surface area contributed by atoms with Gasteiger partial charge in [0.15, 0.2) is 0 Å². The van der Waals surface area contributed by atoms with Gasteiger partial charge in [-0.25, -0.2) is 0 Å². The molecule has 0 unspecified atom stereocenters. The van der Waals surface area contributed by atoms with Gasteiger partial charge in [0, 0.05) is 23.5 Å². The molecule has 2 aromatic heterocycles. The van der Waals surface area contributed by atoms with Crippen LogP contribution in [0.1, 0.15) is 22.6 Å². The second-order valence-electron chi connectivity index (χ2n) is 4.13. The number of nitrogen functional groups attached to an aromatic ring is 1. The summed E-state index contributed by atoms with van der Waals surface area (Å²) in [5, 5.41) is 14.4. The van der Waals surface area contributed by atoms with E-state index in [1.165, 1.54) is 0 Å². The number of hydrogen-bond acceptors (Lipinski definition) is 4. The lowest BCUT2D eigenvalue weighted by Crippen LogP contribution is -2.15. The van der Waals surface area contributed by atoms with Crippen LogP contribution in [0.2, 0.25) is 0 Å². The van der Waals surface area contributed by atoms with Gasteiger partial charge in [0.05, 0.1) is 11.3 Å². The van der Waals surface area contributed by atoms with E-state index in [1.807, 2.05) is 13.8 Å². The van der Waals surface area contributed by atoms with Crippen LogP contribution >= 0.6 is 0 Å². The first-order valence-electron chi connectivity index (χ1n) is 5.50. The Morgan fingerprint density at radius 2 is 2.06 bits per heavy atom. The second-order valence-corrected chi connectivity index (χ2v) is 4.13. The van der Waals surface area contributed by atoms with E-state index in [9.17, 15) is 0 Å². The molecule has 18 heavy (non-hydrogen) atoms. The number of aromatic nitrogens is 3. The average molecular weight is 245 g/mol. The van der Waals surface area contributed by atoms with Crippen LogP contribution in [0.25, 0.3) is 0 Å². The lowest BCUT2D eigenvalue weighted by atomic mass is 10.1. The first-order valence-corrected chi connectivity index (χ1v) is 5.50. The number of aromatic amines is 1. The first-order chi connectivity index (χ1) is 8.47. The summed E-state index contributed by atoms with van der Waals surface area (Å²) in [7, 11) is 0. The van der Waals surface area contributed by atoms with Gasteiger partial charge in [-0.15, -0.1) is 5.10 Å². The third-order valence-corrected chi connectivity index (χ3v) is 2.46. The van der Waals surface area contributed by atoms with Crippen LogP contribution in [-0.2, 0) is 0 Å². The van der Waals surface area contributed by atoms with Crippen LogP contribution in [0.15, 0.2) is 12.1 Å². The fraction of sp³-hybridized carbons (Fsp3) is 0.250. The Balaban J connectivity index is 2.45. The molecule has 0 aromatic carbocycles. The molecule has 2 rings (SSSR count). The molecule has 0 saturated heterocycles. The Morgan fingerprint density at radius 1 is 1.33 bits per heavy atom. The topological polar surface area (TPSA) is 101 Å². The van der Waals surface area contributed by atoms with E-state index < -0.39 is 0 Å². The molecule has 0 aliphatic rings. The number of hydrogen-bond donors (Lipinski definition) is 3. The van der Waals surface area contributed by atoms with Crippen LogP contribution in [0.4, 0.5) is 0 Å². The Bertz CT molecular complexity index is 603. The molecule has 0 aliphatic heterocycles. The highest BCUT2D eigenvalue weighted by atomic mass is 16.5. The van der Waals surface area contributed by atoms with Crippen LogP contribution < -0.4 is 10.5 Å². The highest BCUT2D eigenvalue weighted by Crippen LogP contribution is 2.26. The molecular weight excluding hydrogens is 230 g/mol. The minimum atomic E-state index is -0.0674. The summed E-state index contributed by atoms with van der Waals surface area (Å²) < 4.78 is 5.65. The third-order valence-electron chi connectivity index (χ3n) is 2.46. The fourth-order valence-corrected chi connectivity index (χ4v) is 1.76. The molecule has 6 heteroatoms. The smallest absolute Gasteiger partial charge is 0.238 e. The third kappa shape index (κ3) is 2.32. The van der Waals surface area contributed by atoms with Crippen LogP contribution in [-0.4, -0.2) is 21.0 Å². The van der Waals surface area contributed by atoms with Crippen molar-refractivity contribution in [3.05, 3.63) is 34.8 Å². The Morgan fingerprint density at radius 3 is 2.61 bits per heavy atom. The van der Waals surface area contributed by atoms with E-state index in [-0.39, 0.29) is 5.84 Å². The molecule has 0 saturated carbocycles. The summed E-state index contributed by atoms with van der Waals surface area (Å²) in [5.41, 5.74) is 8.44. The summed E-state index contributed by atoms with van der Waals surface area (Å²) in [6.07, 6.45) is 0. The van der Waals surface area contributed by atoms with E-state index in [0.717, 1.165) is 11.4 Å². The Hall–Kier alpha value is -2.37. The predicted octanol–water partition coefficient (Wildman–Crippen LogP) is 1.81. The average Bonchev–Trinajstić information content (AvgIpc) is 2.62. The van der Waals surface area contributed by atoms with Gasteiger partial charge in [0.25, 0.3) is 0 Å². The summed E-state index contributed by atoms with van der Waals surface area (Å²) in [6.45, 7) is 5.54. The molecule has 2 heterocycles. The van der Waals surface area contributed by atoms with Gasteiger partial charge < -0.3 is 10.5 Å². The van der Waals surface area contributed by atoms with E-state index in [0.29, 0.717) is 22.9 Å². The standard InChI is InChI=1S/C12H15N5O/c1-6-4-9(11(12(13)14)8(3)15-6)18-10-5-7(2)16-17-10/h4-5H,1-3H3,(H3,13,14)(H,16,17). The van der Waals surface area contributed by atoms with Gasteiger partial charge >= 0.3 is 0 Å². The van der Waals surface area contributed by atoms with Gasteiger partial charge in [0.2, 0.25) is 5.88 Å². The highest BCUT2D eigenvalue weighted by Gasteiger charge is 2.14. The van der Waals surface area contributed by atoms with Crippen LogP contribution in [0, 0.1) is 26.2 Å². The predicted molar refractivity (Wildman–Crippen MR) is 68.1 cm³/mol. The normalized spacial score (nSPS) is 10.4. The molecular formula is C12H15N5O. The monoisotopic (exact) mass is 245 g/mol. The van der Waals surface area contributed by atoms with Gasteiger partial charge in [-0.1, -0.05) is 0 Å². The first kappa shape index (κ1) is 12.1. The molecule has 4 N–H and O–H groups in total. The molecule has 0 bridgehead atoms. The SMILES string of the molecule is Cc1cc(Oc2cc(C)[nH]n2)c(C(=N)N)c(C)n1. The van der Waals surface area contributed by atoms with E-state index in [4.69, 9.17) is 15.9 Å². The number of nitrogens with zero attached hydrogens (tertiary/aromatic N) is 2. The van der Waals surface area contributed by atoms with Crippen LogP contribution in [0.3, 0.4) is 0 Å². The zero-order chi connectivity index (χ0) is 13.3. The van der Waals surface area contributed by atoms with Crippen molar-refractivity contribution in [2.75, 3.05) is 0 Å². The quantitative estimate of drug-likeness (QED) is 0.567.